The van der Waals surface area contributed by atoms with Gasteiger partial charge in [-0.25, -0.2) is 4.98 Å². The van der Waals surface area contributed by atoms with E-state index in [1.165, 1.54) is 0 Å². The molecule has 1 amide bonds. The van der Waals surface area contributed by atoms with Crippen molar-refractivity contribution in [3.8, 4) is 11.5 Å². The summed E-state index contributed by atoms with van der Waals surface area (Å²) in [6.45, 7) is 3.12. The number of carbonyl (C=O) groups is 1. The van der Waals surface area contributed by atoms with E-state index in [1.807, 2.05) is 66.1 Å². The van der Waals surface area contributed by atoms with Crippen LogP contribution >= 0.6 is 0 Å². The number of nitrogens with zero attached hydrogens (tertiary/aromatic N) is 2. The zero-order valence-electron chi connectivity index (χ0n) is 15.4. The molecular formula is C22H19N3O3. The summed E-state index contributed by atoms with van der Waals surface area (Å²) in [6, 6.07) is 17.7. The van der Waals surface area contributed by atoms with E-state index < -0.39 is 0 Å². The summed E-state index contributed by atoms with van der Waals surface area (Å²) in [6.07, 6.45) is 0. The predicted molar refractivity (Wildman–Crippen MR) is 108 cm³/mol. The van der Waals surface area contributed by atoms with E-state index in [1.54, 1.807) is 0 Å². The lowest BCUT2D eigenvalue weighted by Gasteiger charge is -2.18. The number of amides is 1. The maximum atomic E-state index is 12.7. The van der Waals surface area contributed by atoms with Crippen LogP contribution in [0.1, 0.15) is 5.82 Å². The van der Waals surface area contributed by atoms with Gasteiger partial charge in [0.05, 0.1) is 11.0 Å². The fourth-order valence-corrected chi connectivity index (χ4v) is 3.59. The number of aryl methyl sites for hydroxylation is 1. The van der Waals surface area contributed by atoms with Crippen LogP contribution in [0.25, 0.3) is 21.8 Å². The highest BCUT2D eigenvalue weighted by Crippen LogP contribution is 2.34. The molecule has 0 atom stereocenters. The van der Waals surface area contributed by atoms with Crippen LogP contribution in [0.4, 0.5) is 5.69 Å². The van der Waals surface area contributed by atoms with E-state index in [0.717, 1.165) is 33.3 Å². The summed E-state index contributed by atoms with van der Waals surface area (Å²) in [4.78, 5) is 17.3. The highest BCUT2D eigenvalue weighted by molar-refractivity contribution is 5.95. The van der Waals surface area contributed by atoms with Gasteiger partial charge in [0.25, 0.3) is 0 Å². The van der Waals surface area contributed by atoms with Crippen molar-refractivity contribution in [3.63, 3.8) is 0 Å². The van der Waals surface area contributed by atoms with Crippen LogP contribution in [-0.4, -0.2) is 28.7 Å². The molecule has 28 heavy (non-hydrogen) atoms. The molecule has 0 saturated heterocycles. The standard InChI is InChI=1S/C22H19N3O3/c1-14-23-18-11-20-21(28-9-8-27-20)12-19(18)25(14)13-22(26)24-17-7-6-15-4-2-3-5-16(15)10-17/h2-7,10-12H,8-9,13H2,1H3,(H,24,26). The molecule has 1 aliphatic heterocycles. The van der Waals surface area contributed by atoms with E-state index in [0.29, 0.717) is 24.7 Å². The number of ether oxygens (including phenoxy) is 2. The first-order valence-electron chi connectivity index (χ1n) is 9.22. The van der Waals surface area contributed by atoms with Crippen LogP contribution in [0.15, 0.2) is 54.6 Å². The zero-order chi connectivity index (χ0) is 19.1. The molecule has 1 aliphatic rings. The van der Waals surface area contributed by atoms with Gasteiger partial charge in [-0.1, -0.05) is 30.3 Å². The van der Waals surface area contributed by atoms with Gasteiger partial charge in [0.1, 0.15) is 25.6 Å². The number of nitrogens with one attached hydrogen (secondary N) is 1. The molecular weight excluding hydrogens is 354 g/mol. The summed E-state index contributed by atoms with van der Waals surface area (Å²) in [5.74, 6) is 2.05. The molecule has 0 fully saturated rings. The fraction of sp³-hybridized carbons (Fsp3) is 0.182. The fourth-order valence-electron chi connectivity index (χ4n) is 3.59. The van der Waals surface area contributed by atoms with Crippen molar-refractivity contribution in [2.45, 2.75) is 13.5 Å². The van der Waals surface area contributed by atoms with Gasteiger partial charge in [-0.3, -0.25) is 4.79 Å². The summed E-state index contributed by atoms with van der Waals surface area (Å²) in [5, 5.41) is 5.22. The predicted octanol–water partition coefficient (Wildman–Crippen LogP) is 3.91. The maximum Gasteiger partial charge on any atom is 0.244 e. The Morgan fingerprint density at radius 2 is 1.79 bits per heavy atom. The summed E-state index contributed by atoms with van der Waals surface area (Å²) < 4.78 is 13.2. The molecule has 0 unspecified atom stereocenters. The number of rotatable bonds is 3. The minimum absolute atomic E-state index is 0.104. The Morgan fingerprint density at radius 3 is 2.61 bits per heavy atom. The molecule has 140 valence electrons. The zero-order valence-corrected chi connectivity index (χ0v) is 15.4. The number of fused-ring (bicyclic) bond motifs is 3. The molecule has 6 nitrogen and oxygen atoms in total. The Kier molecular flexibility index (Phi) is 3.90. The second-order valence-electron chi connectivity index (χ2n) is 6.84. The molecule has 6 heteroatoms. The minimum Gasteiger partial charge on any atom is -0.486 e. The lowest BCUT2D eigenvalue weighted by atomic mass is 10.1. The van der Waals surface area contributed by atoms with Crippen molar-refractivity contribution in [2.24, 2.45) is 0 Å². The molecule has 3 aromatic carbocycles. The highest BCUT2D eigenvalue weighted by Gasteiger charge is 2.18. The van der Waals surface area contributed by atoms with Crippen LogP contribution in [0, 0.1) is 6.92 Å². The Morgan fingerprint density at radius 1 is 1.04 bits per heavy atom. The van der Waals surface area contributed by atoms with E-state index in [-0.39, 0.29) is 12.5 Å². The van der Waals surface area contributed by atoms with Crippen LogP contribution < -0.4 is 14.8 Å². The van der Waals surface area contributed by atoms with E-state index in [4.69, 9.17) is 9.47 Å². The minimum atomic E-state index is -0.104. The van der Waals surface area contributed by atoms with E-state index in [2.05, 4.69) is 10.3 Å². The molecule has 1 aromatic heterocycles. The molecule has 5 rings (SSSR count). The third kappa shape index (κ3) is 2.93. The summed E-state index contributed by atoms with van der Waals surface area (Å²) >= 11 is 0. The second kappa shape index (κ2) is 6.56. The molecule has 0 saturated carbocycles. The van der Waals surface area contributed by atoms with Crippen molar-refractivity contribution in [1.82, 2.24) is 9.55 Å². The van der Waals surface area contributed by atoms with Crippen LogP contribution in [-0.2, 0) is 11.3 Å². The summed E-state index contributed by atoms with van der Waals surface area (Å²) in [7, 11) is 0. The van der Waals surface area contributed by atoms with Gasteiger partial charge in [-0.2, -0.15) is 0 Å². The first-order valence-corrected chi connectivity index (χ1v) is 9.22. The molecule has 0 aliphatic carbocycles. The van der Waals surface area contributed by atoms with Crippen molar-refractivity contribution < 1.29 is 14.3 Å². The summed E-state index contributed by atoms with van der Waals surface area (Å²) in [5.41, 5.74) is 2.43. The Bertz CT molecular complexity index is 1210. The van der Waals surface area contributed by atoms with Crippen molar-refractivity contribution in [1.29, 1.82) is 0 Å². The number of imidazole rings is 1. The SMILES string of the molecule is Cc1nc2cc3c(cc2n1CC(=O)Nc1ccc2ccccc2c1)OCCO3. The normalized spacial score (nSPS) is 13.0. The highest BCUT2D eigenvalue weighted by atomic mass is 16.6. The van der Waals surface area contributed by atoms with Gasteiger partial charge >= 0.3 is 0 Å². The number of hydrogen-bond acceptors (Lipinski definition) is 4. The molecule has 4 aromatic rings. The lowest BCUT2D eigenvalue weighted by Crippen LogP contribution is -2.19. The Hall–Kier alpha value is -3.54. The van der Waals surface area contributed by atoms with E-state index in [9.17, 15) is 4.79 Å². The van der Waals surface area contributed by atoms with Gasteiger partial charge in [0, 0.05) is 17.8 Å². The molecule has 0 radical (unpaired) electrons. The average Bonchev–Trinajstić information content (AvgIpc) is 3.00. The van der Waals surface area contributed by atoms with Gasteiger partial charge in [-0.15, -0.1) is 0 Å². The van der Waals surface area contributed by atoms with Gasteiger partial charge in [-0.05, 0) is 29.8 Å². The molecule has 2 heterocycles. The van der Waals surface area contributed by atoms with Gasteiger partial charge in [0.2, 0.25) is 5.91 Å². The number of anilines is 1. The van der Waals surface area contributed by atoms with Crippen LogP contribution in [0.2, 0.25) is 0 Å². The third-order valence-corrected chi connectivity index (χ3v) is 4.94. The quantitative estimate of drug-likeness (QED) is 0.591. The monoisotopic (exact) mass is 373 g/mol. The largest absolute Gasteiger partial charge is 0.486 e. The number of aromatic nitrogens is 2. The molecule has 1 N–H and O–H groups in total. The number of hydrogen-bond donors (Lipinski definition) is 1. The third-order valence-electron chi connectivity index (χ3n) is 4.94. The second-order valence-corrected chi connectivity index (χ2v) is 6.84. The van der Waals surface area contributed by atoms with Crippen molar-refractivity contribution in [3.05, 3.63) is 60.4 Å². The maximum absolute atomic E-state index is 12.7. The smallest absolute Gasteiger partial charge is 0.244 e. The van der Waals surface area contributed by atoms with Crippen LogP contribution in [0.3, 0.4) is 0 Å². The molecule has 0 spiro atoms. The Labute approximate surface area is 161 Å². The van der Waals surface area contributed by atoms with Crippen molar-refractivity contribution in [2.75, 3.05) is 18.5 Å². The lowest BCUT2D eigenvalue weighted by molar-refractivity contribution is -0.116. The van der Waals surface area contributed by atoms with E-state index >= 15 is 0 Å². The van der Waals surface area contributed by atoms with Gasteiger partial charge < -0.3 is 19.4 Å². The molecule has 0 bridgehead atoms. The first kappa shape index (κ1) is 16.6. The topological polar surface area (TPSA) is 65.4 Å². The Balaban J connectivity index is 1.42. The first-order chi connectivity index (χ1) is 13.7. The average molecular weight is 373 g/mol. The number of benzene rings is 3. The van der Waals surface area contributed by atoms with Crippen molar-refractivity contribution >= 4 is 33.4 Å². The van der Waals surface area contributed by atoms with Gasteiger partial charge in [0.15, 0.2) is 11.5 Å². The number of carbonyl (C=O) groups excluding carboxylic acids is 1. The van der Waals surface area contributed by atoms with Crippen LogP contribution in [0.5, 0.6) is 11.5 Å².